The molecule has 2 aromatic heterocycles. The number of nitrogens with one attached hydrogen (secondary N) is 1. The van der Waals surface area contributed by atoms with E-state index in [1.807, 2.05) is 54.1 Å². The number of aromatic nitrogens is 4. The topological polar surface area (TPSA) is 85.2 Å². The summed E-state index contributed by atoms with van der Waals surface area (Å²) >= 11 is 0. The van der Waals surface area contributed by atoms with Crippen LogP contribution in [0.15, 0.2) is 48.8 Å². The number of hydrogen-bond donors (Lipinski definition) is 1. The number of hydrogen-bond acceptors (Lipinski definition) is 6. The van der Waals surface area contributed by atoms with E-state index in [2.05, 4.69) is 25.4 Å². The van der Waals surface area contributed by atoms with E-state index in [1.165, 1.54) is 0 Å². The van der Waals surface area contributed by atoms with Gasteiger partial charge in [-0.2, -0.15) is 0 Å². The number of aryl methyl sites for hydroxylation is 1. The van der Waals surface area contributed by atoms with Crippen LogP contribution in [0.25, 0.3) is 5.82 Å². The zero-order chi connectivity index (χ0) is 20.2. The molecule has 8 nitrogen and oxygen atoms in total. The lowest BCUT2D eigenvalue weighted by atomic mass is 9.97. The summed E-state index contributed by atoms with van der Waals surface area (Å²) in [7, 11) is 1.60. The maximum Gasteiger partial charge on any atom is 0.229 e. The first-order chi connectivity index (χ1) is 14.2. The number of anilines is 2. The lowest BCUT2D eigenvalue weighted by Gasteiger charge is -2.32. The molecule has 1 amide bonds. The van der Waals surface area contributed by atoms with Gasteiger partial charge in [0.1, 0.15) is 11.6 Å². The average Bonchev–Trinajstić information content (AvgIpc) is 3.20. The fraction of sp³-hybridized carbons (Fsp3) is 0.333. The molecule has 0 radical (unpaired) electrons. The van der Waals surface area contributed by atoms with Crippen molar-refractivity contribution in [2.45, 2.75) is 19.8 Å². The highest BCUT2D eigenvalue weighted by molar-refractivity contribution is 5.94. The number of benzene rings is 1. The Morgan fingerprint density at radius 1 is 1.17 bits per heavy atom. The maximum absolute atomic E-state index is 12.8. The van der Waals surface area contributed by atoms with Gasteiger partial charge in [-0.15, -0.1) is 10.2 Å². The van der Waals surface area contributed by atoms with Crippen LogP contribution in [-0.2, 0) is 4.79 Å². The Balaban J connectivity index is 1.44. The van der Waals surface area contributed by atoms with Gasteiger partial charge in [-0.25, -0.2) is 4.98 Å². The van der Waals surface area contributed by atoms with E-state index in [9.17, 15) is 4.79 Å². The molecule has 1 aromatic carbocycles. The van der Waals surface area contributed by atoms with Gasteiger partial charge in [-0.3, -0.25) is 9.36 Å². The Morgan fingerprint density at radius 2 is 1.97 bits per heavy atom. The van der Waals surface area contributed by atoms with Crippen molar-refractivity contribution in [2.24, 2.45) is 5.92 Å². The predicted molar refractivity (Wildman–Crippen MR) is 110 cm³/mol. The van der Waals surface area contributed by atoms with Crippen LogP contribution in [0.5, 0.6) is 5.75 Å². The number of rotatable bonds is 5. The number of ether oxygens (including phenoxy) is 1. The third-order valence-corrected chi connectivity index (χ3v) is 5.19. The molecule has 0 aliphatic carbocycles. The lowest BCUT2D eigenvalue weighted by molar-refractivity contribution is -0.120. The predicted octanol–water partition coefficient (Wildman–Crippen LogP) is 2.83. The third-order valence-electron chi connectivity index (χ3n) is 5.19. The van der Waals surface area contributed by atoms with Gasteiger partial charge >= 0.3 is 0 Å². The summed E-state index contributed by atoms with van der Waals surface area (Å²) in [4.78, 5) is 19.2. The second-order valence-corrected chi connectivity index (χ2v) is 7.07. The average molecular weight is 392 g/mol. The van der Waals surface area contributed by atoms with Gasteiger partial charge in [0.15, 0.2) is 11.6 Å². The van der Waals surface area contributed by atoms with E-state index in [-0.39, 0.29) is 11.8 Å². The standard InChI is InChI=1S/C21H24N6O2/c1-15-22-11-13-27(15)20-10-9-19(24-25-20)26-12-5-6-16(14-26)21(28)23-17-7-3-4-8-18(17)29-2/h3-4,7-11,13,16H,5-6,12,14H2,1-2H3,(H,23,28). The van der Waals surface area contributed by atoms with Crippen LogP contribution in [0.3, 0.4) is 0 Å². The van der Waals surface area contributed by atoms with Crippen LogP contribution >= 0.6 is 0 Å². The molecule has 150 valence electrons. The summed E-state index contributed by atoms with van der Waals surface area (Å²) in [6.07, 6.45) is 5.37. The SMILES string of the molecule is COc1ccccc1NC(=O)C1CCCN(c2ccc(-n3ccnc3C)nn2)C1. The molecule has 29 heavy (non-hydrogen) atoms. The monoisotopic (exact) mass is 392 g/mol. The quantitative estimate of drug-likeness (QED) is 0.719. The minimum absolute atomic E-state index is 0.00202. The highest BCUT2D eigenvalue weighted by Crippen LogP contribution is 2.26. The van der Waals surface area contributed by atoms with E-state index in [0.717, 1.165) is 36.8 Å². The molecule has 3 heterocycles. The van der Waals surface area contributed by atoms with Gasteiger partial charge in [0.25, 0.3) is 0 Å². The van der Waals surface area contributed by atoms with Crippen molar-refractivity contribution in [1.82, 2.24) is 19.7 Å². The summed E-state index contributed by atoms with van der Waals surface area (Å²) in [5, 5.41) is 11.7. The van der Waals surface area contributed by atoms with E-state index in [4.69, 9.17) is 4.74 Å². The largest absolute Gasteiger partial charge is 0.495 e. The van der Waals surface area contributed by atoms with Crippen LogP contribution in [0, 0.1) is 12.8 Å². The summed E-state index contributed by atoms with van der Waals surface area (Å²) in [6.45, 7) is 3.39. The van der Waals surface area contributed by atoms with Gasteiger partial charge in [-0.05, 0) is 44.0 Å². The highest BCUT2D eigenvalue weighted by atomic mass is 16.5. The van der Waals surface area contributed by atoms with Crippen molar-refractivity contribution < 1.29 is 9.53 Å². The second kappa shape index (κ2) is 8.30. The molecule has 0 saturated carbocycles. The van der Waals surface area contributed by atoms with Crippen LogP contribution in [0.4, 0.5) is 11.5 Å². The summed E-state index contributed by atoms with van der Waals surface area (Å²) in [5.41, 5.74) is 0.692. The highest BCUT2D eigenvalue weighted by Gasteiger charge is 2.27. The normalized spacial score (nSPS) is 16.5. The van der Waals surface area contributed by atoms with Crippen molar-refractivity contribution in [3.8, 4) is 11.6 Å². The first kappa shape index (κ1) is 18.9. The van der Waals surface area contributed by atoms with Crippen LogP contribution in [-0.4, -0.2) is 45.9 Å². The Kier molecular flexibility index (Phi) is 5.41. The molecule has 1 saturated heterocycles. The first-order valence-corrected chi connectivity index (χ1v) is 9.68. The number of imidazole rings is 1. The van der Waals surface area contributed by atoms with Crippen molar-refractivity contribution in [1.29, 1.82) is 0 Å². The van der Waals surface area contributed by atoms with E-state index in [1.54, 1.807) is 13.3 Å². The number of para-hydroxylation sites is 2. The molecule has 0 spiro atoms. The zero-order valence-corrected chi connectivity index (χ0v) is 16.6. The molecule has 4 rings (SSSR count). The van der Waals surface area contributed by atoms with E-state index in [0.29, 0.717) is 18.0 Å². The number of piperidine rings is 1. The fourth-order valence-corrected chi connectivity index (χ4v) is 3.62. The Bertz CT molecular complexity index is 985. The van der Waals surface area contributed by atoms with Crippen molar-refractivity contribution >= 4 is 17.4 Å². The van der Waals surface area contributed by atoms with Gasteiger partial charge in [0.2, 0.25) is 5.91 Å². The molecular formula is C21H24N6O2. The smallest absolute Gasteiger partial charge is 0.229 e. The first-order valence-electron chi connectivity index (χ1n) is 9.68. The summed E-state index contributed by atoms with van der Waals surface area (Å²) < 4.78 is 7.21. The molecule has 1 fully saturated rings. The fourth-order valence-electron chi connectivity index (χ4n) is 3.62. The maximum atomic E-state index is 12.8. The molecule has 1 aliphatic heterocycles. The molecule has 1 N–H and O–H groups in total. The molecule has 8 heteroatoms. The van der Waals surface area contributed by atoms with Crippen molar-refractivity contribution in [3.63, 3.8) is 0 Å². The molecule has 1 atom stereocenters. The van der Waals surface area contributed by atoms with Crippen molar-refractivity contribution in [3.05, 3.63) is 54.6 Å². The molecule has 1 aliphatic rings. The van der Waals surface area contributed by atoms with Crippen LogP contribution < -0.4 is 15.0 Å². The second-order valence-electron chi connectivity index (χ2n) is 7.07. The van der Waals surface area contributed by atoms with Gasteiger partial charge in [0, 0.05) is 25.5 Å². The minimum atomic E-state index is -0.119. The molecular weight excluding hydrogens is 368 g/mol. The molecule has 0 bridgehead atoms. The van der Waals surface area contributed by atoms with E-state index >= 15 is 0 Å². The van der Waals surface area contributed by atoms with Crippen LogP contribution in [0.1, 0.15) is 18.7 Å². The third kappa shape index (κ3) is 4.06. The number of carbonyl (C=O) groups is 1. The Morgan fingerprint density at radius 3 is 2.69 bits per heavy atom. The van der Waals surface area contributed by atoms with Crippen LogP contribution in [0.2, 0.25) is 0 Å². The molecule has 1 unspecified atom stereocenters. The zero-order valence-electron chi connectivity index (χ0n) is 16.6. The van der Waals surface area contributed by atoms with Gasteiger partial charge < -0.3 is 15.0 Å². The Hall–Kier alpha value is -3.42. The molecule has 3 aromatic rings. The number of nitrogens with zero attached hydrogens (tertiary/aromatic N) is 5. The van der Waals surface area contributed by atoms with Crippen molar-refractivity contribution in [2.75, 3.05) is 30.4 Å². The van der Waals surface area contributed by atoms with E-state index < -0.39 is 0 Å². The number of carbonyl (C=O) groups excluding carboxylic acids is 1. The van der Waals surface area contributed by atoms with Gasteiger partial charge in [0.05, 0.1) is 18.7 Å². The number of methoxy groups -OCH3 is 1. The van der Waals surface area contributed by atoms with Gasteiger partial charge in [-0.1, -0.05) is 12.1 Å². The minimum Gasteiger partial charge on any atom is -0.495 e. The lowest BCUT2D eigenvalue weighted by Crippen LogP contribution is -2.41. The summed E-state index contributed by atoms with van der Waals surface area (Å²) in [6, 6.07) is 11.3. The summed E-state index contributed by atoms with van der Waals surface area (Å²) in [5.74, 6) is 2.90. The Labute approximate surface area is 169 Å². The number of amides is 1.